The average molecular weight is 504 g/mol. The van der Waals surface area contributed by atoms with Crippen LogP contribution >= 0.6 is 35.0 Å². The van der Waals surface area contributed by atoms with Crippen LogP contribution in [-0.4, -0.2) is 43.8 Å². The van der Waals surface area contributed by atoms with Crippen LogP contribution in [0.15, 0.2) is 47.6 Å². The molecule has 3 aromatic rings. The molecule has 1 aliphatic rings. The topological polar surface area (TPSA) is 80.1 Å². The van der Waals surface area contributed by atoms with Crippen molar-refractivity contribution in [1.29, 1.82) is 0 Å². The standard InChI is InChI=1S/C23H23Cl2N5O2S/c1-14-5-7-15(8-6-14)22(32)30-11-3-4-19(30)21-27-28-23(29(21)2)33-13-20(31)26-16-9-10-17(24)18(25)12-16/h5-10,12,19H,3-4,11,13H2,1-2H3,(H,26,31). The van der Waals surface area contributed by atoms with Crippen molar-refractivity contribution in [2.75, 3.05) is 17.6 Å². The Morgan fingerprint density at radius 3 is 2.61 bits per heavy atom. The first-order chi connectivity index (χ1) is 15.8. The molecule has 1 atom stereocenters. The van der Waals surface area contributed by atoms with E-state index in [2.05, 4.69) is 15.5 Å². The second-order valence-corrected chi connectivity index (χ2v) is 9.65. The van der Waals surface area contributed by atoms with Gasteiger partial charge in [-0.2, -0.15) is 0 Å². The molecule has 2 heterocycles. The number of hydrogen-bond acceptors (Lipinski definition) is 5. The second kappa shape index (κ2) is 10.2. The van der Waals surface area contributed by atoms with Crippen molar-refractivity contribution in [2.24, 2.45) is 7.05 Å². The maximum atomic E-state index is 13.1. The van der Waals surface area contributed by atoms with E-state index in [0.717, 1.165) is 24.2 Å². The lowest BCUT2D eigenvalue weighted by molar-refractivity contribution is -0.113. The first-order valence-electron chi connectivity index (χ1n) is 10.5. The number of thioether (sulfide) groups is 1. The Bertz CT molecular complexity index is 1180. The lowest BCUT2D eigenvalue weighted by atomic mass is 10.1. The number of carbonyl (C=O) groups excluding carboxylic acids is 2. The molecule has 0 bridgehead atoms. The molecule has 1 fully saturated rings. The van der Waals surface area contributed by atoms with Gasteiger partial charge in [-0.1, -0.05) is 52.7 Å². The molecule has 1 unspecified atom stereocenters. The molecule has 1 N–H and O–H groups in total. The van der Waals surface area contributed by atoms with Crippen LogP contribution in [0.4, 0.5) is 5.69 Å². The highest BCUT2D eigenvalue weighted by atomic mass is 35.5. The van der Waals surface area contributed by atoms with E-state index in [1.54, 1.807) is 18.2 Å². The van der Waals surface area contributed by atoms with Crippen molar-refractivity contribution < 1.29 is 9.59 Å². The normalized spacial score (nSPS) is 15.6. The van der Waals surface area contributed by atoms with Crippen molar-refractivity contribution in [2.45, 2.75) is 31.0 Å². The number of carbonyl (C=O) groups is 2. The Labute approximate surface area is 206 Å². The van der Waals surface area contributed by atoms with Crippen molar-refractivity contribution in [3.63, 3.8) is 0 Å². The minimum atomic E-state index is -0.194. The largest absolute Gasteiger partial charge is 0.328 e. The number of anilines is 1. The molecular formula is C23H23Cl2N5O2S. The molecule has 2 amide bonds. The van der Waals surface area contributed by atoms with E-state index in [-0.39, 0.29) is 23.6 Å². The van der Waals surface area contributed by atoms with Crippen molar-refractivity contribution in [3.8, 4) is 0 Å². The molecule has 0 spiro atoms. The van der Waals surface area contributed by atoms with Crippen LogP contribution in [0.25, 0.3) is 0 Å². The summed E-state index contributed by atoms with van der Waals surface area (Å²) in [6, 6.07) is 12.4. The lowest BCUT2D eigenvalue weighted by Gasteiger charge is -2.24. The van der Waals surface area contributed by atoms with E-state index in [1.807, 2.05) is 47.7 Å². The third kappa shape index (κ3) is 5.34. The number of hydrogen-bond donors (Lipinski definition) is 1. The Morgan fingerprint density at radius 1 is 1.12 bits per heavy atom. The maximum absolute atomic E-state index is 13.1. The Balaban J connectivity index is 1.41. The van der Waals surface area contributed by atoms with Gasteiger partial charge in [-0.3, -0.25) is 9.59 Å². The van der Waals surface area contributed by atoms with Gasteiger partial charge >= 0.3 is 0 Å². The van der Waals surface area contributed by atoms with Gasteiger partial charge in [0.05, 0.1) is 21.8 Å². The van der Waals surface area contributed by atoms with Crippen LogP contribution in [0.2, 0.25) is 10.0 Å². The van der Waals surface area contributed by atoms with E-state index in [0.29, 0.717) is 33.0 Å². The summed E-state index contributed by atoms with van der Waals surface area (Å²) in [5.74, 6) is 0.680. The molecule has 1 aliphatic heterocycles. The van der Waals surface area contributed by atoms with Crippen LogP contribution < -0.4 is 5.32 Å². The van der Waals surface area contributed by atoms with Gasteiger partial charge in [0.1, 0.15) is 0 Å². The summed E-state index contributed by atoms with van der Waals surface area (Å²) in [4.78, 5) is 27.3. The number of nitrogens with zero attached hydrogens (tertiary/aromatic N) is 4. The highest BCUT2D eigenvalue weighted by Crippen LogP contribution is 2.33. The Morgan fingerprint density at radius 2 is 1.88 bits per heavy atom. The highest BCUT2D eigenvalue weighted by molar-refractivity contribution is 7.99. The fourth-order valence-electron chi connectivity index (χ4n) is 3.78. The molecule has 2 aromatic carbocycles. The summed E-state index contributed by atoms with van der Waals surface area (Å²) < 4.78 is 1.86. The number of aryl methyl sites for hydroxylation is 1. The monoisotopic (exact) mass is 503 g/mol. The van der Waals surface area contributed by atoms with E-state index in [1.165, 1.54) is 11.8 Å². The molecule has 10 heteroatoms. The fraction of sp³-hybridized carbons (Fsp3) is 0.304. The highest BCUT2D eigenvalue weighted by Gasteiger charge is 2.34. The van der Waals surface area contributed by atoms with Crippen LogP contribution in [0, 0.1) is 6.92 Å². The number of rotatable bonds is 6. The summed E-state index contributed by atoms with van der Waals surface area (Å²) in [7, 11) is 1.86. The zero-order valence-corrected chi connectivity index (χ0v) is 20.5. The van der Waals surface area contributed by atoms with Gasteiger partial charge in [0.25, 0.3) is 5.91 Å². The van der Waals surface area contributed by atoms with Crippen LogP contribution in [-0.2, 0) is 11.8 Å². The Hall–Kier alpha value is -2.55. The first-order valence-corrected chi connectivity index (χ1v) is 12.2. The van der Waals surface area contributed by atoms with Crippen molar-refractivity contribution in [1.82, 2.24) is 19.7 Å². The van der Waals surface area contributed by atoms with E-state index in [9.17, 15) is 9.59 Å². The van der Waals surface area contributed by atoms with Gasteiger partial charge in [0.2, 0.25) is 5.91 Å². The summed E-state index contributed by atoms with van der Waals surface area (Å²) in [5, 5.41) is 12.8. The van der Waals surface area contributed by atoms with E-state index >= 15 is 0 Å². The van der Waals surface area contributed by atoms with Gasteiger partial charge in [0, 0.05) is 24.8 Å². The molecule has 1 aromatic heterocycles. The number of benzene rings is 2. The number of likely N-dealkylation sites (tertiary alicyclic amines) is 1. The lowest BCUT2D eigenvalue weighted by Crippen LogP contribution is -2.31. The fourth-order valence-corrected chi connectivity index (χ4v) is 4.80. The van der Waals surface area contributed by atoms with E-state index < -0.39 is 0 Å². The van der Waals surface area contributed by atoms with Gasteiger partial charge in [-0.25, -0.2) is 0 Å². The first kappa shape index (κ1) is 23.6. The number of amides is 2. The summed E-state index contributed by atoms with van der Waals surface area (Å²) in [6.07, 6.45) is 1.73. The number of aromatic nitrogens is 3. The zero-order valence-electron chi connectivity index (χ0n) is 18.2. The molecule has 172 valence electrons. The van der Waals surface area contributed by atoms with Gasteiger partial charge in [-0.05, 0) is 50.1 Å². The minimum absolute atomic E-state index is 0.00398. The molecule has 7 nitrogen and oxygen atoms in total. The third-order valence-corrected chi connectivity index (χ3v) is 7.27. The maximum Gasteiger partial charge on any atom is 0.254 e. The SMILES string of the molecule is Cc1ccc(C(=O)N2CCCC2c2nnc(SCC(=O)Nc3ccc(Cl)c(Cl)c3)n2C)cc1. The van der Waals surface area contributed by atoms with Crippen molar-refractivity contribution >= 4 is 52.5 Å². The predicted molar refractivity (Wildman–Crippen MR) is 131 cm³/mol. The van der Waals surface area contributed by atoms with Crippen LogP contribution in [0.3, 0.4) is 0 Å². The van der Waals surface area contributed by atoms with E-state index in [4.69, 9.17) is 23.2 Å². The third-order valence-electron chi connectivity index (χ3n) is 5.51. The average Bonchev–Trinajstić information content (AvgIpc) is 3.41. The second-order valence-electron chi connectivity index (χ2n) is 7.89. The molecule has 1 saturated heterocycles. The quantitative estimate of drug-likeness (QED) is 0.471. The smallest absolute Gasteiger partial charge is 0.254 e. The summed E-state index contributed by atoms with van der Waals surface area (Å²) >= 11 is 13.2. The summed E-state index contributed by atoms with van der Waals surface area (Å²) in [5.41, 5.74) is 2.36. The molecule has 4 rings (SSSR count). The van der Waals surface area contributed by atoms with Gasteiger partial charge in [-0.15, -0.1) is 10.2 Å². The van der Waals surface area contributed by atoms with Crippen LogP contribution in [0.1, 0.15) is 40.6 Å². The number of nitrogens with one attached hydrogen (secondary N) is 1. The Kier molecular flexibility index (Phi) is 7.26. The molecule has 0 saturated carbocycles. The summed E-state index contributed by atoms with van der Waals surface area (Å²) in [6.45, 7) is 2.68. The zero-order chi connectivity index (χ0) is 23.5. The predicted octanol–water partition coefficient (Wildman–Crippen LogP) is 5.14. The minimum Gasteiger partial charge on any atom is -0.328 e. The van der Waals surface area contributed by atoms with Gasteiger partial charge in [0.15, 0.2) is 11.0 Å². The number of halogens is 2. The molecule has 0 aliphatic carbocycles. The molecule has 0 radical (unpaired) electrons. The van der Waals surface area contributed by atoms with Crippen LogP contribution in [0.5, 0.6) is 0 Å². The molecule has 33 heavy (non-hydrogen) atoms. The van der Waals surface area contributed by atoms with Crippen molar-refractivity contribution in [3.05, 3.63) is 69.5 Å². The molecular weight excluding hydrogens is 481 g/mol. The van der Waals surface area contributed by atoms with Gasteiger partial charge < -0.3 is 14.8 Å².